The number of halogens is 3. The highest BCUT2D eigenvalue weighted by atomic mass is 19.2. The first kappa shape index (κ1) is 25.1. The van der Waals surface area contributed by atoms with Crippen LogP contribution in [0.3, 0.4) is 0 Å². The summed E-state index contributed by atoms with van der Waals surface area (Å²) in [4.78, 5) is 0. The van der Waals surface area contributed by atoms with Gasteiger partial charge >= 0.3 is 0 Å². The molecule has 4 rings (SSSR count). The lowest BCUT2D eigenvalue weighted by molar-refractivity contribution is 0.0130. The second-order valence-corrected chi connectivity index (χ2v) is 8.93. The zero-order chi connectivity index (χ0) is 24.8. The van der Waals surface area contributed by atoms with Crippen LogP contribution in [0.1, 0.15) is 62.1 Å². The Bertz CT molecular complexity index is 1160. The van der Waals surface area contributed by atoms with Crippen LogP contribution in [-0.4, -0.2) is 12.7 Å². The van der Waals surface area contributed by atoms with E-state index in [1.165, 1.54) is 6.07 Å². The van der Waals surface area contributed by atoms with Crippen molar-refractivity contribution in [3.63, 3.8) is 0 Å². The molecule has 0 heterocycles. The SMILES string of the molecule is CC=Cc1ccc(-c2ccc(C3CCC(OCc4ccc(OCC)c(F)c4)CC3)c(F)c2F)cc1. The van der Waals surface area contributed by atoms with Crippen LogP contribution in [0.25, 0.3) is 17.2 Å². The van der Waals surface area contributed by atoms with Gasteiger partial charge in [0.15, 0.2) is 23.2 Å². The Balaban J connectivity index is 1.36. The normalized spacial score (nSPS) is 18.2. The van der Waals surface area contributed by atoms with Crippen molar-refractivity contribution >= 4 is 6.08 Å². The van der Waals surface area contributed by atoms with Crippen molar-refractivity contribution in [3.05, 3.63) is 94.8 Å². The predicted molar refractivity (Wildman–Crippen MR) is 134 cm³/mol. The average Bonchev–Trinajstić information content (AvgIpc) is 2.87. The van der Waals surface area contributed by atoms with Gasteiger partial charge in [-0.15, -0.1) is 0 Å². The van der Waals surface area contributed by atoms with Gasteiger partial charge in [-0.1, -0.05) is 54.6 Å². The maximum atomic E-state index is 15.1. The van der Waals surface area contributed by atoms with Gasteiger partial charge in [0, 0.05) is 5.56 Å². The Labute approximate surface area is 205 Å². The van der Waals surface area contributed by atoms with Gasteiger partial charge in [0.2, 0.25) is 0 Å². The lowest BCUT2D eigenvalue weighted by Crippen LogP contribution is -2.21. The number of allylic oxidation sites excluding steroid dienone is 1. The maximum absolute atomic E-state index is 15.1. The summed E-state index contributed by atoms with van der Waals surface area (Å²) in [5.74, 6) is -1.75. The summed E-state index contributed by atoms with van der Waals surface area (Å²) in [6, 6.07) is 15.7. The second kappa shape index (κ2) is 11.6. The quantitative estimate of drug-likeness (QED) is 0.322. The van der Waals surface area contributed by atoms with E-state index < -0.39 is 17.5 Å². The van der Waals surface area contributed by atoms with Gasteiger partial charge < -0.3 is 9.47 Å². The molecule has 0 amide bonds. The van der Waals surface area contributed by atoms with E-state index in [1.807, 2.05) is 50.3 Å². The van der Waals surface area contributed by atoms with Gasteiger partial charge in [-0.05, 0) is 79.8 Å². The first-order valence-electron chi connectivity index (χ1n) is 12.2. The first-order valence-corrected chi connectivity index (χ1v) is 12.2. The number of hydrogen-bond donors (Lipinski definition) is 0. The molecule has 0 aliphatic heterocycles. The molecule has 0 atom stereocenters. The molecule has 1 saturated carbocycles. The summed E-state index contributed by atoms with van der Waals surface area (Å²) in [6.07, 6.45) is 6.85. The fourth-order valence-corrected chi connectivity index (χ4v) is 4.73. The van der Waals surface area contributed by atoms with Gasteiger partial charge in [-0.3, -0.25) is 0 Å². The third-order valence-electron chi connectivity index (χ3n) is 6.59. The number of benzene rings is 3. The molecule has 35 heavy (non-hydrogen) atoms. The molecule has 5 heteroatoms. The van der Waals surface area contributed by atoms with Crippen molar-refractivity contribution in [1.29, 1.82) is 0 Å². The third kappa shape index (κ3) is 5.96. The van der Waals surface area contributed by atoms with Gasteiger partial charge in [0.25, 0.3) is 0 Å². The zero-order valence-corrected chi connectivity index (χ0v) is 20.2. The van der Waals surface area contributed by atoms with Crippen molar-refractivity contribution in [2.75, 3.05) is 6.61 Å². The molecule has 0 bridgehead atoms. The van der Waals surface area contributed by atoms with E-state index in [2.05, 4.69) is 0 Å². The molecule has 1 fully saturated rings. The van der Waals surface area contributed by atoms with Crippen LogP contribution in [0, 0.1) is 17.5 Å². The number of hydrogen-bond acceptors (Lipinski definition) is 2. The molecule has 0 unspecified atom stereocenters. The van der Waals surface area contributed by atoms with Crippen LogP contribution in [-0.2, 0) is 11.3 Å². The van der Waals surface area contributed by atoms with Crippen LogP contribution in [0.5, 0.6) is 5.75 Å². The van der Waals surface area contributed by atoms with E-state index in [1.54, 1.807) is 24.3 Å². The number of ether oxygens (including phenoxy) is 2. The van der Waals surface area contributed by atoms with Crippen LogP contribution < -0.4 is 4.74 Å². The lowest BCUT2D eigenvalue weighted by atomic mass is 9.82. The predicted octanol–water partition coefficient (Wildman–Crippen LogP) is 8.45. The van der Waals surface area contributed by atoms with Gasteiger partial charge in [-0.2, -0.15) is 0 Å². The van der Waals surface area contributed by atoms with Crippen LogP contribution in [0.4, 0.5) is 13.2 Å². The third-order valence-corrected chi connectivity index (χ3v) is 6.59. The molecule has 0 spiro atoms. The summed E-state index contributed by atoms with van der Waals surface area (Å²) in [7, 11) is 0. The van der Waals surface area contributed by atoms with E-state index in [-0.39, 0.29) is 23.3 Å². The molecule has 0 saturated heterocycles. The zero-order valence-electron chi connectivity index (χ0n) is 20.2. The topological polar surface area (TPSA) is 18.5 Å². The molecule has 0 aromatic heterocycles. The second-order valence-electron chi connectivity index (χ2n) is 8.93. The van der Waals surface area contributed by atoms with Crippen molar-refractivity contribution in [1.82, 2.24) is 0 Å². The van der Waals surface area contributed by atoms with Crippen molar-refractivity contribution in [3.8, 4) is 16.9 Å². The van der Waals surface area contributed by atoms with E-state index in [0.29, 0.717) is 24.3 Å². The Morgan fingerprint density at radius 1 is 0.886 bits per heavy atom. The van der Waals surface area contributed by atoms with Gasteiger partial charge in [0.05, 0.1) is 19.3 Å². The molecule has 1 aliphatic carbocycles. The molecular formula is C30H31F3O2. The summed E-state index contributed by atoms with van der Waals surface area (Å²) >= 11 is 0. The molecule has 0 radical (unpaired) electrons. The van der Waals surface area contributed by atoms with E-state index in [0.717, 1.165) is 36.8 Å². The highest BCUT2D eigenvalue weighted by molar-refractivity contribution is 5.67. The average molecular weight is 481 g/mol. The fraction of sp³-hybridized carbons (Fsp3) is 0.333. The summed E-state index contributed by atoms with van der Waals surface area (Å²) in [5.41, 5.74) is 3.13. The van der Waals surface area contributed by atoms with Gasteiger partial charge in [-0.25, -0.2) is 13.2 Å². The summed E-state index contributed by atoms with van der Waals surface area (Å²) in [6.45, 7) is 4.46. The molecule has 1 aliphatic rings. The fourth-order valence-electron chi connectivity index (χ4n) is 4.73. The van der Waals surface area contributed by atoms with Gasteiger partial charge in [0.1, 0.15) is 0 Å². The lowest BCUT2D eigenvalue weighted by Gasteiger charge is -2.29. The molecular weight excluding hydrogens is 449 g/mol. The van der Waals surface area contributed by atoms with Crippen molar-refractivity contribution in [2.24, 2.45) is 0 Å². The Morgan fingerprint density at radius 3 is 2.29 bits per heavy atom. The van der Waals surface area contributed by atoms with Crippen LogP contribution >= 0.6 is 0 Å². The van der Waals surface area contributed by atoms with Crippen molar-refractivity contribution in [2.45, 2.75) is 58.2 Å². The monoisotopic (exact) mass is 480 g/mol. The molecule has 3 aromatic rings. The Kier molecular flexibility index (Phi) is 8.29. The standard InChI is InChI=1S/C30H31F3O2/c1-3-5-20-6-9-22(10-7-20)25-15-16-26(30(33)29(25)32)23-11-13-24(14-12-23)35-19-21-8-17-28(34-4-2)27(31)18-21/h3,5-10,15-18,23-24H,4,11-14,19H2,1-2H3. The number of rotatable bonds is 8. The highest BCUT2D eigenvalue weighted by Crippen LogP contribution is 2.38. The maximum Gasteiger partial charge on any atom is 0.166 e. The summed E-state index contributed by atoms with van der Waals surface area (Å²) < 4.78 is 55.3. The summed E-state index contributed by atoms with van der Waals surface area (Å²) in [5, 5.41) is 0. The Hall–Kier alpha value is -3.05. The molecule has 3 aromatic carbocycles. The minimum absolute atomic E-state index is 0.0174. The van der Waals surface area contributed by atoms with E-state index in [9.17, 15) is 8.78 Å². The molecule has 0 N–H and O–H groups in total. The largest absolute Gasteiger partial charge is 0.491 e. The van der Waals surface area contributed by atoms with E-state index >= 15 is 4.39 Å². The van der Waals surface area contributed by atoms with Crippen LogP contribution in [0.2, 0.25) is 0 Å². The van der Waals surface area contributed by atoms with Crippen molar-refractivity contribution < 1.29 is 22.6 Å². The Morgan fingerprint density at radius 2 is 1.63 bits per heavy atom. The smallest absolute Gasteiger partial charge is 0.166 e. The minimum Gasteiger partial charge on any atom is -0.491 e. The first-order chi connectivity index (χ1) is 17.0. The van der Waals surface area contributed by atoms with E-state index in [4.69, 9.17) is 9.47 Å². The van der Waals surface area contributed by atoms with Crippen LogP contribution in [0.15, 0.2) is 60.7 Å². The molecule has 184 valence electrons. The highest BCUT2D eigenvalue weighted by Gasteiger charge is 2.27. The minimum atomic E-state index is -0.794. The molecule has 2 nitrogen and oxygen atoms in total.